The van der Waals surface area contributed by atoms with Gasteiger partial charge in [0.15, 0.2) is 0 Å². The van der Waals surface area contributed by atoms with Crippen molar-refractivity contribution >= 4 is 44.9 Å². The lowest BCUT2D eigenvalue weighted by Crippen LogP contribution is -2.46. The van der Waals surface area contributed by atoms with Crippen molar-refractivity contribution in [3.8, 4) is 0 Å². The highest BCUT2D eigenvalue weighted by molar-refractivity contribution is 7.21. The molecule has 1 aliphatic heterocycles. The summed E-state index contributed by atoms with van der Waals surface area (Å²) in [4.78, 5) is 39.1. The number of hydrogen-bond acceptors (Lipinski definition) is 7. The number of piperazine rings is 1. The van der Waals surface area contributed by atoms with Crippen LogP contribution in [0, 0.1) is 6.92 Å². The Morgan fingerprint density at radius 2 is 1.78 bits per heavy atom. The number of nitrogens with one attached hydrogen (secondary N) is 2. The Hall–Kier alpha value is -3.82. The van der Waals surface area contributed by atoms with Gasteiger partial charge in [-0.2, -0.15) is 0 Å². The highest BCUT2D eigenvalue weighted by Crippen LogP contribution is 2.30. The number of thiophene rings is 1. The number of nitrogens with zero attached hydrogens (tertiary/aromatic N) is 4. The van der Waals surface area contributed by atoms with E-state index < -0.39 is 0 Å². The zero-order valence-corrected chi connectivity index (χ0v) is 21.8. The number of aryl methyl sites for hydroxylation is 1. The van der Waals surface area contributed by atoms with Gasteiger partial charge in [-0.05, 0) is 56.3 Å². The van der Waals surface area contributed by atoms with E-state index in [9.17, 15) is 9.59 Å². The maximum Gasteiger partial charge on any atom is 0.264 e. The smallest absolute Gasteiger partial charge is 0.264 e. The molecular formula is C28H30N6O2S. The van der Waals surface area contributed by atoms with Crippen LogP contribution in [0.5, 0.6) is 0 Å². The predicted molar refractivity (Wildman–Crippen MR) is 149 cm³/mol. The van der Waals surface area contributed by atoms with Gasteiger partial charge >= 0.3 is 0 Å². The lowest BCUT2D eigenvalue weighted by molar-refractivity contribution is 0.0669. The van der Waals surface area contributed by atoms with Crippen LogP contribution in [0.15, 0.2) is 60.9 Å². The zero-order chi connectivity index (χ0) is 25.8. The van der Waals surface area contributed by atoms with E-state index in [4.69, 9.17) is 0 Å². The van der Waals surface area contributed by atoms with Gasteiger partial charge in [-0.3, -0.25) is 9.59 Å². The van der Waals surface area contributed by atoms with Crippen LogP contribution in [0.25, 0.3) is 10.2 Å². The fourth-order valence-electron chi connectivity index (χ4n) is 4.32. The first-order valence-corrected chi connectivity index (χ1v) is 13.2. The van der Waals surface area contributed by atoms with Crippen LogP contribution < -0.4 is 10.6 Å². The summed E-state index contributed by atoms with van der Waals surface area (Å²) in [6.07, 6.45) is 2.32. The first kappa shape index (κ1) is 24.9. The van der Waals surface area contributed by atoms with Crippen LogP contribution in [0.3, 0.4) is 0 Å². The van der Waals surface area contributed by atoms with Gasteiger partial charge in [0.1, 0.15) is 12.1 Å². The number of aromatic nitrogens is 2. The summed E-state index contributed by atoms with van der Waals surface area (Å²) in [5.74, 6) is 0.693. The van der Waals surface area contributed by atoms with Gasteiger partial charge in [-0.15, -0.1) is 11.3 Å². The van der Waals surface area contributed by atoms with Crippen molar-refractivity contribution in [1.29, 1.82) is 0 Å². The molecule has 5 rings (SSSR count). The summed E-state index contributed by atoms with van der Waals surface area (Å²) in [6, 6.07) is 17.3. The second-order valence-corrected chi connectivity index (χ2v) is 10.4. The molecular weight excluding hydrogens is 484 g/mol. The number of likely N-dealkylation sites (N-methyl/N-ethyl adjacent to an activating group) is 1. The largest absolute Gasteiger partial charge is 0.368 e. The first-order chi connectivity index (χ1) is 18.0. The second-order valence-electron chi connectivity index (χ2n) is 9.34. The lowest BCUT2D eigenvalue weighted by atomic mass is 10.1. The van der Waals surface area contributed by atoms with E-state index in [2.05, 4.69) is 32.5 Å². The van der Waals surface area contributed by atoms with Gasteiger partial charge in [0, 0.05) is 44.0 Å². The molecule has 2 aromatic carbocycles. The lowest BCUT2D eigenvalue weighted by Gasteiger charge is -2.32. The van der Waals surface area contributed by atoms with Crippen molar-refractivity contribution in [3.05, 3.63) is 82.5 Å². The highest BCUT2D eigenvalue weighted by atomic mass is 32.1. The topological polar surface area (TPSA) is 90.5 Å². The van der Waals surface area contributed by atoms with E-state index in [0.29, 0.717) is 17.0 Å². The molecule has 3 heterocycles. The van der Waals surface area contributed by atoms with Crippen LogP contribution in [0.4, 0.5) is 11.5 Å². The molecule has 4 aromatic rings. The van der Waals surface area contributed by atoms with E-state index in [0.717, 1.165) is 65.4 Å². The Morgan fingerprint density at radius 3 is 2.54 bits per heavy atom. The number of benzene rings is 2. The molecule has 2 N–H and O–H groups in total. The minimum Gasteiger partial charge on any atom is -0.368 e. The third-order valence-corrected chi connectivity index (χ3v) is 7.63. The number of fused-ring (bicyclic) bond motifs is 1. The number of amides is 2. The molecule has 1 saturated heterocycles. The van der Waals surface area contributed by atoms with Crippen molar-refractivity contribution < 1.29 is 9.59 Å². The maximum absolute atomic E-state index is 13.0. The fourth-order valence-corrected chi connectivity index (χ4v) is 5.37. The first-order valence-electron chi connectivity index (χ1n) is 12.4. The number of carbonyl (C=O) groups excluding carboxylic acids is 2. The second kappa shape index (κ2) is 11.1. The minimum absolute atomic E-state index is 0.0663. The van der Waals surface area contributed by atoms with Crippen LogP contribution in [0.2, 0.25) is 0 Å². The third kappa shape index (κ3) is 5.95. The van der Waals surface area contributed by atoms with Crippen LogP contribution in [-0.2, 0) is 6.42 Å². The molecule has 0 aliphatic carbocycles. The molecule has 0 unspecified atom stereocenters. The Labute approximate surface area is 220 Å². The van der Waals surface area contributed by atoms with Crippen LogP contribution in [0.1, 0.15) is 31.2 Å². The Bertz CT molecular complexity index is 1410. The van der Waals surface area contributed by atoms with Crippen LogP contribution in [-0.4, -0.2) is 71.4 Å². The number of hydrogen-bond donors (Lipinski definition) is 2. The minimum atomic E-state index is -0.118. The molecule has 9 heteroatoms. The van der Waals surface area contributed by atoms with Gasteiger partial charge in [-0.1, -0.05) is 29.8 Å². The summed E-state index contributed by atoms with van der Waals surface area (Å²) in [5, 5.41) is 6.35. The molecule has 0 radical (unpaired) electrons. The molecule has 0 bridgehead atoms. The average molecular weight is 515 g/mol. The van der Waals surface area contributed by atoms with Crippen molar-refractivity contribution in [2.75, 3.05) is 50.4 Å². The predicted octanol–water partition coefficient (Wildman–Crippen LogP) is 4.29. The van der Waals surface area contributed by atoms with E-state index >= 15 is 0 Å². The third-order valence-electron chi connectivity index (χ3n) is 6.51. The standard InChI is InChI=1S/C28H30N6O2S/c1-19-4-3-5-21(16-19)27(35)32-22-8-6-20(7-9-22)10-11-29-26-25-23(30-18-31-26)17-24(37-25)28(36)34-14-12-33(2)13-15-34/h3-9,16-18H,10-15H2,1-2H3,(H,32,35)(H,29,30,31). The SMILES string of the molecule is Cc1cccc(C(=O)Nc2ccc(CCNc3ncnc4cc(C(=O)N5CCN(C)CC5)sc34)cc2)c1. The number of rotatable bonds is 7. The normalized spacial score (nSPS) is 14.1. The van der Waals surface area contributed by atoms with E-state index in [-0.39, 0.29) is 11.8 Å². The molecule has 1 aliphatic rings. The molecule has 8 nitrogen and oxygen atoms in total. The van der Waals surface area contributed by atoms with Crippen molar-refractivity contribution in [2.24, 2.45) is 0 Å². The Morgan fingerprint density at radius 1 is 1.00 bits per heavy atom. The molecule has 0 spiro atoms. The molecule has 2 aromatic heterocycles. The zero-order valence-electron chi connectivity index (χ0n) is 21.0. The van der Waals surface area contributed by atoms with Gasteiger partial charge in [0.05, 0.1) is 15.1 Å². The van der Waals surface area contributed by atoms with E-state index in [1.165, 1.54) is 17.7 Å². The molecule has 190 valence electrons. The quantitative estimate of drug-likeness (QED) is 0.382. The molecule has 2 amide bonds. The van der Waals surface area contributed by atoms with Gasteiger partial charge < -0.3 is 20.4 Å². The van der Waals surface area contributed by atoms with E-state index in [1.54, 1.807) is 0 Å². The summed E-state index contributed by atoms with van der Waals surface area (Å²) in [5.41, 5.74) is 4.39. The summed E-state index contributed by atoms with van der Waals surface area (Å²) >= 11 is 1.45. The van der Waals surface area contributed by atoms with Gasteiger partial charge in [0.25, 0.3) is 11.8 Å². The summed E-state index contributed by atoms with van der Waals surface area (Å²) < 4.78 is 0.897. The molecule has 0 saturated carbocycles. The Balaban J connectivity index is 1.18. The van der Waals surface area contributed by atoms with Gasteiger partial charge in [-0.25, -0.2) is 9.97 Å². The van der Waals surface area contributed by atoms with E-state index in [1.807, 2.05) is 66.4 Å². The molecule has 1 fully saturated rings. The summed E-state index contributed by atoms with van der Waals surface area (Å²) in [7, 11) is 2.08. The number of anilines is 2. The average Bonchev–Trinajstić information content (AvgIpc) is 3.35. The maximum atomic E-state index is 13.0. The van der Waals surface area contributed by atoms with Crippen molar-refractivity contribution in [3.63, 3.8) is 0 Å². The van der Waals surface area contributed by atoms with Crippen LogP contribution >= 0.6 is 11.3 Å². The summed E-state index contributed by atoms with van der Waals surface area (Å²) in [6.45, 7) is 5.93. The van der Waals surface area contributed by atoms with Crippen molar-refractivity contribution in [2.45, 2.75) is 13.3 Å². The Kier molecular flexibility index (Phi) is 7.43. The molecule has 0 atom stereocenters. The van der Waals surface area contributed by atoms with Gasteiger partial charge in [0.2, 0.25) is 0 Å². The highest BCUT2D eigenvalue weighted by Gasteiger charge is 2.23. The fraction of sp³-hybridized carbons (Fsp3) is 0.286. The number of carbonyl (C=O) groups is 2. The monoisotopic (exact) mass is 514 g/mol. The van der Waals surface area contributed by atoms with Crippen molar-refractivity contribution in [1.82, 2.24) is 19.8 Å². The molecule has 37 heavy (non-hydrogen) atoms.